The molecule has 0 spiro atoms. The first-order valence-electron chi connectivity index (χ1n) is 7.58. The molecule has 24 heavy (non-hydrogen) atoms. The maximum atomic E-state index is 12.1. The number of anilines is 1. The minimum Gasteiger partial charge on any atom is -0.497 e. The zero-order valence-electron chi connectivity index (χ0n) is 13.9. The molecule has 128 valence electrons. The molecular formula is C17H20N2O5. The Hall–Kier alpha value is -2.83. The van der Waals surface area contributed by atoms with Crippen LogP contribution in [-0.2, 0) is 20.7 Å². The molecule has 1 aromatic heterocycles. The number of carbonyl (C=O) groups excluding carboxylic acids is 2. The number of esters is 1. The van der Waals surface area contributed by atoms with Gasteiger partial charge in [-0.2, -0.15) is 0 Å². The van der Waals surface area contributed by atoms with Crippen molar-refractivity contribution in [2.75, 3.05) is 12.4 Å². The van der Waals surface area contributed by atoms with Gasteiger partial charge in [0.15, 0.2) is 11.9 Å². The number of aromatic nitrogens is 1. The van der Waals surface area contributed by atoms with Crippen LogP contribution >= 0.6 is 0 Å². The van der Waals surface area contributed by atoms with Crippen molar-refractivity contribution in [1.29, 1.82) is 0 Å². The Balaban J connectivity index is 1.90. The van der Waals surface area contributed by atoms with Gasteiger partial charge in [0.05, 0.1) is 13.5 Å². The number of aryl methyl sites for hydroxylation is 1. The molecule has 0 aliphatic heterocycles. The van der Waals surface area contributed by atoms with Gasteiger partial charge in [-0.15, -0.1) is 0 Å². The summed E-state index contributed by atoms with van der Waals surface area (Å²) in [5.41, 5.74) is 0.781. The summed E-state index contributed by atoms with van der Waals surface area (Å²) >= 11 is 0. The molecule has 0 bridgehead atoms. The highest BCUT2D eigenvalue weighted by molar-refractivity contribution is 5.94. The SMILES string of the molecule is CC[C@H](OC(=O)Cc1ccc(OC)cc1)C(=O)Nc1cc(C)on1. The molecule has 2 aromatic rings. The molecule has 0 saturated heterocycles. The molecule has 1 aromatic carbocycles. The average molecular weight is 332 g/mol. The first-order chi connectivity index (χ1) is 11.5. The van der Waals surface area contributed by atoms with Gasteiger partial charge in [0.2, 0.25) is 0 Å². The van der Waals surface area contributed by atoms with E-state index in [2.05, 4.69) is 10.5 Å². The molecule has 0 aliphatic carbocycles. The van der Waals surface area contributed by atoms with Crippen LogP contribution in [0.3, 0.4) is 0 Å². The Morgan fingerprint density at radius 1 is 1.29 bits per heavy atom. The van der Waals surface area contributed by atoms with E-state index in [9.17, 15) is 9.59 Å². The van der Waals surface area contributed by atoms with Crippen LogP contribution < -0.4 is 10.1 Å². The number of hydrogen-bond acceptors (Lipinski definition) is 6. The summed E-state index contributed by atoms with van der Waals surface area (Å²) in [5.74, 6) is 0.671. The number of benzene rings is 1. The lowest BCUT2D eigenvalue weighted by Gasteiger charge is -2.15. The van der Waals surface area contributed by atoms with Crippen LogP contribution in [0.15, 0.2) is 34.9 Å². The lowest BCUT2D eigenvalue weighted by Crippen LogP contribution is -2.32. The van der Waals surface area contributed by atoms with E-state index in [1.807, 2.05) is 0 Å². The number of hydrogen-bond donors (Lipinski definition) is 1. The van der Waals surface area contributed by atoms with Gasteiger partial charge in [0.25, 0.3) is 5.91 Å². The number of amides is 1. The third-order valence-corrected chi connectivity index (χ3v) is 3.32. The maximum Gasteiger partial charge on any atom is 0.311 e. The van der Waals surface area contributed by atoms with E-state index in [4.69, 9.17) is 14.0 Å². The van der Waals surface area contributed by atoms with Crippen molar-refractivity contribution in [3.8, 4) is 5.75 Å². The summed E-state index contributed by atoms with van der Waals surface area (Å²) in [6, 6.07) is 8.67. The molecular weight excluding hydrogens is 312 g/mol. The number of ether oxygens (including phenoxy) is 2. The van der Waals surface area contributed by atoms with Crippen molar-refractivity contribution in [3.05, 3.63) is 41.7 Å². The second-order valence-electron chi connectivity index (χ2n) is 5.22. The van der Waals surface area contributed by atoms with E-state index in [1.165, 1.54) is 0 Å². The largest absolute Gasteiger partial charge is 0.497 e. The van der Waals surface area contributed by atoms with Crippen molar-refractivity contribution in [1.82, 2.24) is 5.16 Å². The summed E-state index contributed by atoms with van der Waals surface area (Å²) in [7, 11) is 1.57. The summed E-state index contributed by atoms with van der Waals surface area (Å²) < 4.78 is 15.2. The standard InChI is InChI=1S/C17H20N2O5/c1-4-14(17(21)18-15-9-11(2)24-19-15)23-16(20)10-12-5-7-13(22-3)8-6-12/h5-9,14H,4,10H2,1-3H3,(H,18,19,21)/t14-/m0/s1. The van der Waals surface area contributed by atoms with E-state index in [-0.39, 0.29) is 6.42 Å². The molecule has 0 aliphatic rings. The van der Waals surface area contributed by atoms with E-state index < -0.39 is 18.0 Å². The van der Waals surface area contributed by atoms with E-state index in [0.29, 0.717) is 23.7 Å². The number of carbonyl (C=O) groups is 2. The Labute approximate surface area is 139 Å². The van der Waals surface area contributed by atoms with Gasteiger partial charge in [0, 0.05) is 6.07 Å². The summed E-state index contributed by atoms with van der Waals surface area (Å²) in [4.78, 5) is 24.2. The quantitative estimate of drug-likeness (QED) is 0.783. The Bertz CT molecular complexity index is 693. The molecule has 7 heteroatoms. The van der Waals surface area contributed by atoms with Gasteiger partial charge in [-0.1, -0.05) is 24.2 Å². The number of nitrogens with zero attached hydrogens (tertiary/aromatic N) is 1. The van der Waals surface area contributed by atoms with Crippen molar-refractivity contribution >= 4 is 17.7 Å². The molecule has 1 N–H and O–H groups in total. The zero-order chi connectivity index (χ0) is 17.5. The van der Waals surface area contributed by atoms with Gasteiger partial charge in [-0.25, -0.2) is 0 Å². The predicted molar refractivity (Wildman–Crippen MR) is 86.7 cm³/mol. The number of methoxy groups -OCH3 is 1. The van der Waals surface area contributed by atoms with Gasteiger partial charge in [-0.3, -0.25) is 9.59 Å². The van der Waals surface area contributed by atoms with Crippen LogP contribution in [0.1, 0.15) is 24.7 Å². The fourth-order valence-electron chi connectivity index (χ4n) is 2.06. The Morgan fingerprint density at radius 2 is 2.00 bits per heavy atom. The molecule has 0 radical (unpaired) electrons. The van der Waals surface area contributed by atoms with E-state index in [0.717, 1.165) is 5.56 Å². The molecule has 1 heterocycles. The summed E-state index contributed by atoms with van der Waals surface area (Å²) in [6.45, 7) is 3.48. The molecule has 0 fully saturated rings. The van der Waals surface area contributed by atoms with Gasteiger partial charge < -0.3 is 19.3 Å². The van der Waals surface area contributed by atoms with E-state index >= 15 is 0 Å². The zero-order valence-corrected chi connectivity index (χ0v) is 13.9. The Kier molecular flexibility index (Phi) is 5.95. The fourth-order valence-corrected chi connectivity index (χ4v) is 2.06. The van der Waals surface area contributed by atoms with Gasteiger partial charge in [-0.05, 0) is 31.0 Å². The van der Waals surface area contributed by atoms with Crippen molar-refractivity contribution < 1.29 is 23.6 Å². The second kappa shape index (κ2) is 8.14. The first kappa shape index (κ1) is 17.5. The monoisotopic (exact) mass is 332 g/mol. The molecule has 0 saturated carbocycles. The smallest absolute Gasteiger partial charge is 0.311 e. The number of nitrogens with one attached hydrogen (secondary N) is 1. The lowest BCUT2D eigenvalue weighted by molar-refractivity contribution is -0.153. The highest BCUT2D eigenvalue weighted by atomic mass is 16.5. The molecule has 0 unspecified atom stereocenters. The predicted octanol–water partition coefficient (Wildman–Crippen LogP) is 2.49. The first-order valence-corrected chi connectivity index (χ1v) is 7.58. The minimum absolute atomic E-state index is 0.0802. The van der Waals surface area contributed by atoms with Gasteiger partial charge >= 0.3 is 5.97 Å². The third kappa shape index (κ3) is 4.84. The van der Waals surface area contributed by atoms with Crippen molar-refractivity contribution in [2.45, 2.75) is 32.8 Å². The maximum absolute atomic E-state index is 12.1. The fraction of sp³-hybridized carbons (Fsp3) is 0.353. The second-order valence-corrected chi connectivity index (χ2v) is 5.22. The van der Waals surface area contributed by atoms with Crippen molar-refractivity contribution in [2.24, 2.45) is 0 Å². The van der Waals surface area contributed by atoms with Crippen LogP contribution in [-0.4, -0.2) is 30.2 Å². The Morgan fingerprint density at radius 3 is 2.54 bits per heavy atom. The van der Waals surface area contributed by atoms with Crippen LogP contribution in [0.4, 0.5) is 5.82 Å². The average Bonchev–Trinajstić information content (AvgIpc) is 2.98. The molecule has 1 amide bonds. The van der Waals surface area contributed by atoms with E-state index in [1.54, 1.807) is 51.3 Å². The summed E-state index contributed by atoms with van der Waals surface area (Å²) in [5, 5.41) is 6.24. The number of rotatable bonds is 7. The lowest BCUT2D eigenvalue weighted by atomic mass is 10.1. The topological polar surface area (TPSA) is 90.7 Å². The van der Waals surface area contributed by atoms with Crippen LogP contribution in [0.25, 0.3) is 0 Å². The normalized spacial score (nSPS) is 11.6. The van der Waals surface area contributed by atoms with Crippen LogP contribution in [0.2, 0.25) is 0 Å². The molecule has 2 rings (SSSR count). The highest BCUT2D eigenvalue weighted by Crippen LogP contribution is 2.13. The van der Waals surface area contributed by atoms with Gasteiger partial charge in [0.1, 0.15) is 11.5 Å². The van der Waals surface area contributed by atoms with Crippen molar-refractivity contribution in [3.63, 3.8) is 0 Å². The molecule has 7 nitrogen and oxygen atoms in total. The molecule has 1 atom stereocenters. The summed E-state index contributed by atoms with van der Waals surface area (Å²) in [6.07, 6.45) is -0.443. The van der Waals surface area contributed by atoms with Crippen LogP contribution in [0.5, 0.6) is 5.75 Å². The van der Waals surface area contributed by atoms with Crippen LogP contribution in [0, 0.1) is 6.92 Å². The minimum atomic E-state index is -0.882. The third-order valence-electron chi connectivity index (χ3n) is 3.32. The highest BCUT2D eigenvalue weighted by Gasteiger charge is 2.22.